The van der Waals surface area contributed by atoms with Crippen molar-refractivity contribution in [1.82, 2.24) is 10.6 Å². The molecule has 2 aromatic rings. The van der Waals surface area contributed by atoms with Gasteiger partial charge in [-0.05, 0) is 61.5 Å². The fourth-order valence-electron chi connectivity index (χ4n) is 2.84. The van der Waals surface area contributed by atoms with Gasteiger partial charge in [0, 0.05) is 16.4 Å². The molecule has 2 aromatic carbocycles. The summed E-state index contributed by atoms with van der Waals surface area (Å²) in [6, 6.07) is 11.6. The van der Waals surface area contributed by atoms with Crippen LogP contribution in [0.5, 0.6) is 5.75 Å². The van der Waals surface area contributed by atoms with Crippen molar-refractivity contribution in [3.63, 3.8) is 0 Å². The van der Waals surface area contributed by atoms with Crippen molar-refractivity contribution in [1.29, 1.82) is 0 Å². The van der Waals surface area contributed by atoms with Crippen molar-refractivity contribution in [2.24, 2.45) is 0 Å². The Morgan fingerprint density at radius 3 is 2.58 bits per heavy atom. The molecule has 0 saturated carbocycles. The van der Waals surface area contributed by atoms with Crippen LogP contribution in [-0.2, 0) is 4.79 Å². The Morgan fingerprint density at radius 2 is 1.88 bits per heavy atom. The van der Waals surface area contributed by atoms with Crippen molar-refractivity contribution < 1.29 is 9.90 Å². The third-order valence-corrected chi connectivity index (χ3v) is 4.89. The molecule has 134 valence electrons. The summed E-state index contributed by atoms with van der Waals surface area (Å²) in [5.74, 6) is -0.0973. The number of hydrogen-bond acceptors (Lipinski definition) is 3. The molecule has 1 atom stereocenters. The lowest BCUT2D eigenvalue weighted by Gasteiger charge is -2.30. The van der Waals surface area contributed by atoms with Crippen LogP contribution in [-0.4, -0.2) is 16.1 Å². The van der Waals surface area contributed by atoms with E-state index < -0.39 is 6.04 Å². The lowest BCUT2D eigenvalue weighted by Crippen LogP contribution is -2.45. The van der Waals surface area contributed by atoms with E-state index in [0.29, 0.717) is 27.1 Å². The Balaban J connectivity index is 1.96. The molecule has 1 aliphatic heterocycles. The standard InChI is InChI=1S/C19H18ClN3O2S/c1-10-14(20)4-3-5-15(10)22-18(25)16-11(2)21-19(26)23-17(16)12-6-8-13(24)9-7-12/h3-9,17,24H,1-2H3,(H,22,25)(H2,21,23,26)/t17-/m0/s1. The van der Waals surface area contributed by atoms with E-state index in [1.807, 2.05) is 6.92 Å². The second-order valence-corrected chi connectivity index (χ2v) is 6.84. The molecule has 3 rings (SSSR count). The van der Waals surface area contributed by atoms with Gasteiger partial charge in [0.15, 0.2) is 5.11 Å². The van der Waals surface area contributed by atoms with Crippen LogP contribution >= 0.6 is 23.8 Å². The Kier molecular flexibility index (Phi) is 5.15. The molecular formula is C19H18ClN3O2S. The number of rotatable bonds is 3. The van der Waals surface area contributed by atoms with Gasteiger partial charge in [-0.25, -0.2) is 0 Å². The van der Waals surface area contributed by atoms with Gasteiger partial charge in [0.25, 0.3) is 5.91 Å². The number of halogens is 1. The molecule has 4 N–H and O–H groups in total. The molecule has 0 bridgehead atoms. The summed E-state index contributed by atoms with van der Waals surface area (Å²) in [6.45, 7) is 3.66. The Hall–Kier alpha value is -2.57. The van der Waals surface area contributed by atoms with Crippen LogP contribution in [0.3, 0.4) is 0 Å². The highest BCUT2D eigenvalue weighted by atomic mass is 35.5. The van der Waals surface area contributed by atoms with Gasteiger partial charge in [-0.1, -0.05) is 29.8 Å². The van der Waals surface area contributed by atoms with Crippen molar-refractivity contribution in [3.05, 3.63) is 69.9 Å². The van der Waals surface area contributed by atoms with Crippen LogP contribution in [0.15, 0.2) is 53.7 Å². The minimum Gasteiger partial charge on any atom is -0.508 e. The van der Waals surface area contributed by atoms with Crippen LogP contribution in [0.1, 0.15) is 24.1 Å². The first kappa shape index (κ1) is 18.2. The molecule has 5 nitrogen and oxygen atoms in total. The maximum atomic E-state index is 13.0. The minimum atomic E-state index is -0.427. The van der Waals surface area contributed by atoms with Crippen LogP contribution in [0.2, 0.25) is 5.02 Å². The monoisotopic (exact) mass is 387 g/mol. The van der Waals surface area contributed by atoms with E-state index in [1.54, 1.807) is 49.4 Å². The number of allylic oxidation sites excluding steroid dienone is 1. The van der Waals surface area contributed by atoms with Crippen LogP contribution in [0.25, 0.3) is 0 Å². The number of amides is 1. The molecule has 1 amide bonds. The van der Waals surface area contributed by atoms with Crippen LogP contribution < -0.4 is 16.0 Å². The number of thiocarbonyl (C=S) groups is 1. The summed E-state index contributed by atoms with van der Waals surface area (Å²) < 4.78 is 0. The number of nitrogens with one attached hydrogen (secondary N) is 3. The van der Waals surface area contributed by atoms with Gasteiger partial charge in [0.2, 0.25) is 0 Å². The van der Waals surface area contributed by atoms with Gasteiger partial charge in [0.1, 0.15) is 5.75 Å². The maximum absolute atomic E-state index is 13.0. The van der Waals surface area contributed by atoms with Gasteiger partial charge >= 0.3 is 0 Å². The predicted molar refractivity (Wildman–Crippen MR) is 107 cm³/mol. The minimum absolute atomic E-state index is 0.159. The van der Waals surface area contributed by atoms with E-state index in [2.05, 4.69) is 16.0 Å². The first-order chi connectivity index (χ1) is 12.4. The summed E-state index contributed by atoms with van der Waals surface area (Å²) in [5, 5.41) is 19.6. The normalized spacial score (nSPS) is 16.7. The molecule has 1 heterocycles. The van der Waals surface area contributed by atoms with Crippen molar-refractivity contribution >= 4 is 40.5 Å². The highest BCUT2D eigenvalue weighted by Crippen LogP contribution is 2.30. The summed E-state index contributed by atoms with van der Waals surface area (Å²) in [5.41, 5.74) is 3.46. The largest absolute Gasteiger partial charge is 0.508 e. The third kappa shape index (κ3) is 3.66. The molecule has 0 unspecified atom stereocenters. The van der Waals surface area contributed by atoms with Crippen molar-refractivity contribution in [2.75, 3.05) is 5.32 Å². The molecule has 0 radical (unpaired) electrons. The van der Waals surface area contributed by atoms with Crippen molar-refractivity contribution in [2.45, 2.75) is 19.9 Å². The first-order valence-electron chi connectivity index (χ1n) is 8.00. The molecular weight excluding hydrogens is 370 g/mol. The Labute approximate surface area is 162 Å². The molecule has 1 aliphatic rings. The topological polar surface area (TPSA) is 73.4 Å². The zero-order valence-corrected chi connectivity index (χ0v) is 15.8. The lowest BCUT2D eigenvalue weighted by molar-refractivity contribution is -0.113. The number of phenols is 1. The third-order valence-electron chi connectivity index (χ3n) is 4.26. The summed E-state index contributed by atoms with van der Waals surface area (Å²) >= 11 is 11.4. The number of hydrogen-bond donors (Lipinski definition) is 4. The second-order valence-electron chi connectivity index (χ2n) is 6.03. The van der Waals surface area contributed by atoms with Crippen LogP contribution in [0, 0.1) is 6.92 Å². The lowest BCUT2D eigenvalue weighted by atomic mass is 9.94. The maximum Gasteiger partial charge on any atom is 0.255 e. The molecule has 0 aromatic heterocycles. The molecule has 0 saturated heterocycles. The van der Waals surface area contributed by atoms with Crippen LogP contribution in [0.4, 0.5) is 5.69 Å². The number of anilines is 1. The van der Waals surface area contributed by atoms with E-state index >= 15 is 0 Å². The highest BCUT2D eigenvalue weighted by Gasteiger charge is 2.30. The van der Waals surface area contributed by atoms with E-state index in [9.17, 15) is 9.90 Å². The van der Waals surface area contributed by atoms with Gasteiger partial charge in [-0.15, -0.1) is 0 Å². The fourth-order valence-corrected chi connectivity index (χ4v) is 3.29. The summed E-state index contributed by atoms with van der Waals surface area (Å²) in [7, 11) is 0. The average molecular weight is 388 g/mol. The van der Waals surface area contributed by atoms with Gasteiger partial charge < -0.3 is 21.1 Å². The molecule has 26 heavy (non-hydrogen) atoms. The van der Waals surface area contributed by atoms with E-state index in [-0.39, 0.29) is 11.7 Å². The van der Waals surface area contributed by atoms with Gasteiger partial charge in [0.05, 0.1) is 11.6 Å². The van der Waals surface area contributed by atoms with E-state index in [1.165, 1.54) is 0 Å². The molecule has 0 fully saturated rings. The molecule has 7 heteroatoms. The zero-order valence-electron chi connectivity index (χ0n) is 14.3. The number of carbonyl (C=O) groups excluding carboxylic acids is 1. The van der Waals surface area contributed by atoms with Gasteiger partial charge in [-0.3, -0.25) is 4.79 Å². The molecule has 0 aliphatic carbocycles. The van der Waals surface area contributed by atoms with Gasteiger partial charge in [-0.2, -0.15) is 0 Å². The number of carbonyl (C=O) groups is 1. The van der Waals surface area contributed by atoms with E-state index in [4.69, 9.17) is 23.8 Å². The number of benzene rings is 2. The smallest absolute Gasteiger partial charge is 0.255 e. The zero-order chi connectivity index (χ0) is 18.8. The second kappa shape index (κ2) is 7.35. The number of aromatic hydroxyl groups is 1. The average Bonchev–Trinajstić information content (AvgIpc) is 2.59. The Morgan fingerprint density at radius 1 is 1.19 bits per heavy atom. The number of phenolic OH excluding ortho intramolecular Hbond substituents is 1. The van der Waals surface area contributed by atoms with E-state index in [0.717, 1.165) is 11.1 Å². The summed E-state index contributed by atoms with van der Waals surface area (Å²) in [6.07, 6.45) is 0. The first-order valence-corrected chi connectivity index (χ1v) is 8.79. The SMILES string of the molecule is CC1=C(C(=O)Nc2cccc(Cl)c2C)[C@H](c2ccc(O)cc2)NC(=S)N1. The highest BCUT2D eigenvalue weighted by molar-refractivity contribution is 7.80. The summed E-state index contributed by atoms with van der Waals surface area (Å²) in [4.78, 5) is 13.0. The fraction of sp³-hybridized carbons (Fsp3) is 0.158. The van der Waals surface area contributed by atoms with Crippen molar-refractivity contribution in [3.8, 4) is 5.75 Å². The Bertz CT molecular complexity index is 910. The molecule has 0 spiro atoms. The quantitative estimate of drug-likeness (QED) is 0.603. The predicted octanol–water partition coefficient (Wildman–Crippen LogP) is 3.79.